The molecule has 26 heavy (non-hydrogen) atoms. The maximum Gasteiger partial charge on any atom is 0.243 e. The third kappa shape index (κ3) is 4.61. The Balaban J connectivity index is 1.66. The molecule has 1 heterocycles. The van der Waals surface area contributed by atoms with Gasteiger partial charge in [0.05, 0.1) is 18.2 Å². The lowest BCUT2D eigenvalue weighted by molar-refractivity contribution is -0.129. The van der Waals surface area contributed by atoms with Crippen LogP contribution in [0.2, 0.25) is 5.02 Å². The van der Waals surface area contributed by atoms with Gasteiger partial charge < -0.3 is 20.1 Å². The van der Waals surface area contributed by atoms with Crippen LogP contribution >= 0.6 is 11.6 Å². The molecule has 2 amide bonds. The van der Waals surface area contributed by atoms with Gasteiger partial charge in [-0.1, -0.05) is 24.4 Å². The number of fused-ring (bicyclic) bond motifs is 1. The molecule has 1 atom stereocenters. The van der Waals surface area contributed by atoms with E-state index in [9.17, 15) is 9.59 Å². The highest BCUT2D eigenvalue weighted by molar-refractivity contribution is 6.32. The fourth-order valence-corrected chi connectivity index (χ4v) is 3.88. The molecule has 1 aromatic rings. The van der Waals surface area contributed by atoms with Crippen LogP contribution in [0.3, 0.4) is 0 Å². The summed E-state index contributed by atoms with van der Waals surface area (Å²) in [5.41, 5.74) is 0.834. The van der Waals surface area contributed by atoms with E-state index in [2.05, 4.69) is 10.6 Å². The van der Waals surface area contributed by atoms with Crippen LogP contribution in [0.1, 0.15) is 44.6 Å². The van der Waals surface area contributed by atoms with Crippen molar-refractivity contribution < 1.29 is 19.1 Å². The van der Waals surface area contributed by atoms with E-state index in [4.69, 9.17) is 21.1 Å². The van der Waals surface area contributed by atoms with Crippen molar-refractivity contribution in [3.63, 3.8) is 0 Å². The number of nitrogens with one attached hydrogen (secondary N) is 2. The second kappa shape index (κ2) is 8.62. The molecular formula is C19H25ClN2O4. The zero-order valence-electron chi connectivity index (χ0n) is 15.0. The maximum atomic E-state index is 12.7. The van der Waals surface area contributed by atoms with E-state index >= 15 is 0 Å². The van der Waals surface area contributed by atoms with Gasteiger partial charge in [-0.25, -0.2) is 0 Å². The molecule has 6 nitrogen and oxygen atoms in total. The highest BCUT2D eigenvalue weighted by Crippen LogP contribution is 2.38. The number of benzene rings is 1. The van der Waals surface area contributed by atoms with Gasteiger partial charge in [0.15, 0.2) is 11.5 Å². The summed E-state index contributed by atoms with van der Waals surface area (Å²) in [6, 6.07) is 3.14. The largest absolute Gasteiger partial charge is 0.489 e. The zero-order chi connectivity index (χ0) is 18.5. The molecule has 1 aromatic carbocycles. The van der Waals surface area contributed by atoms with Gasteiger partial charge in [-0.3, -0.25) is 9.59 Å². The lowest BCUT2D eigenvalue weighted by atomic mass is 9.97. The first-order valence-electron chi connectivity index (χ1n) is 9.17. The van der Waals surface area contributed by atoms with Gasteiger partial charge in [0.1, 0.15) is 6.04 Å². The molecule has 1 aliphatic carbocycles. The molecule has 0 bridgehead atoms. The number of hydrogen-bond donors (Lipinski definition) is 2. The van der Waals surface area contributed by atoms with Gasteiger partial charge in [0, 0.05) is 19.9 Å². The van der Waals surface area contributed by atoms with Gasteiger partial charge in [0.25, 0.3) is 0 Å². The lowest BCUT2D eigenvalue weighted by Gasteiger charge is -2.23. The summed E-state index contributed by atoms with van der Waals surface area (Å²) < 4.78 is 11.3. The molecule has 142 valence electrons. The molecule has 3 rings (SSSR count). The summed E-state index contributed by atoms with van der Waals surface area (Å²) in [6.07, 6.45) is 4.94. The highest BCUT2D eigenvalue weighted by Gasteiger charge is 2.31. The van der Waals surface area contributed by atoms with Crippen molar-refractivity contribution in [1.82, 2.24) is 10.6 Å². The molecule has 1 fully saturated rings. The predicted molar refractivity (Wildman–Crippen MR) is 98.5 cm³/mol. The molecule has 0 radical (unpaired) electrons. The minimum Gasteiger partial charge on any atom is -0.489 e. The number of carbonyl (C=O) groups excluding carboxylic acids is 2. The maximum absolute atomic E-state index is 12.7. The van der Waals surface area contributed by atoms with Crippen LogP contribution in [0, 0.1) is 5.92 Å². The molecule has 2 N–H and O–H groups in total. The molecule has 0 spiro atoms. The Morgan fingerprint density at radius 1 is 1.19 bits per heavy atom. The van der Waals surface area contributed by atoms with Crippen LogP contribution in [0.25, 0.3) is 0 Å². The van der Waals surface area contributed by atoms with Crippen molar-refractivity contribution in [2.45, 2.75) is 51.6 Å². The van der Waals surface area contributed by atoms with Crippen molar-refractivity contribution >= 4 is 23.4 Å². The van der Waals surface area contributed by atoms with Gasteiger partial charge in [-0.15, -0.1) is 0 Å². The van der Waals surface area contributed by atoms with E-state index < -0.39 is 6.04 Å². The standard InChI is InChI=1S/C19H25ClN2O4/c1-12(23)22-17(14-5-2-3-6-14)19(24)21-11-13-9-15(20)18-16(10-13)25-7-4-8-26-18/h9-10,14,17H,2-8,11H2,1H3,(H,21,24)(H,22,23). The van der Waals surface area contributed by atoms with E-state index in [1.54, 1.807) is 6.07 Å². The number of amides is 2. The van der Waals surface area contributed by atoms with E-state index in [1.165, 1.54) is 6.92 Å². The number of carbonyl (C=O) groups is 2. The minimum atomic E-state index is -0.481. The van der Waals surface area contributed by atoms with Crippen LogP contribution in [-0.2, 0) is 16.1 Å². The SMILES string of the molecule is CC(=O)NC(C(=O)NCc1cc(Cl)c2c(c1)OCCCO2)C1CCCC1. The quantitative estimate of drug-likeness (QED) is 0.823. The average Bonchev–Trinajstić information content (AvgIpc) is 3.02. The van der Waals surface area contributed by atoms with Crippen LogP contribution in [0.5, 0.6) is 11.5 Å². The van der Waals surface area contributed by atoms with Gasteiger partial charge in [0.2, 0.25) is 11.8 Å². The zero-order valence-corrected chi connectivity index (χ0v) is 15.7. The van der Waals surface area contributed by atoms with Crippen molar-refractivity contribution in [3.8, 4) is 11.5 Å². The molecular weight excluding hydrogens is 356 g/mol. The smallest absolute Gasteiger partial charge is 0.243 e. The Bertz CT molecular complexity index is 674. The molecule has 1 aliphatic heterocycles. The third-order valence-electron chi connectivity index (χ3n) is 4.84. The normalized spacial score (nSPS) is 18.1. The third-order valence-corrected chi connectivity index (χ3v) is 5.12. The van der Waals surface area contributed by atoms with Gasteiger partial charge >= 0.3 is 0 Å². The Labute approximate surface area is 158 Å². The van der Waals surface area contributed by atoms with Crippen molar-refractivity contribution in [2.75, 3.05) is 13.2 Å². The van der Waals surface area contributed by atoms with E-state index in [-0.39, 0.29) is 17.7 Å². The molecule has 1 unspecified atom stereocenters. The first-order chi connectivity index (χ1) is 12.5. The number of halogens is 1. The average molecular weight is 381 g/mol. The number of rotatable bonds is 5. The monoisotopic (exact) mass is 380 g/mol. The second-order valence-electron chi connectivity index (χ2n) is 6.90. The van der Waals surface area contributed by atoms with Crippen molar-refractivity contribution in [2.24, 2.45) is 5.92 Å². The van der Waals surface area contributed by atoms with Crippen LogP contribution in [-0.4, -0.2) is 31.1 Å². The van der Waals surface area contributed by atoms with E-state index in [0.717, 1.165) is 37.7 Å². The molecule has 0 saturated heterocycles. The Kier molecular flexibility index (Phi) is 6.25. The topological polar surface area (TPSA) is 76.7 Å². The first-order valence-corrected chi connectivity index (χ1v) is 9.55. The summed E-state index contributed by atoms with van der Waals surface area (Å²) in [5.74, 6) is 1.02. The van der Waals surface area contributed by atoms with E-state index in [1.807, 2.05) is 6.07 Å². The summed E-state index contributed by atoms with van der Waals surface area (Å²) in [6.45, 7) is 2.91. The highest BCUT2D eigenvalue weighted by atomic mass is 35.5. The fraction of sp³-hybridized carbons (Fsp3) is 0.579. The van der Waals surface area contributed by atoms with Gasteiger partial charge in [-0.05, 0) is 36.5 Å². The van der Waals surface area contributed by atoms with Crippen LogP contribution in [0.15, 0.2) is 12.1 Å². The van der Waals surface area contributed by atoms with Crippen LogP contribution < -0.4 is 20.1 Å². The Morgan fingerprint density at radius 3 is 2.65 bits per heavy atom. The minimum absolute atomic E-state index is 0.157. The summed E-state index contributed by atoms with van der Waals surface area (Å²) in [5, 5.41) is 6.20. The van der Waals surface area contributed by atoms with Crippen molar-refractivity contribution in [3.05, 3.63) is 22.7 Å². The van der Waals surface area contributed by atoms with Crippen LogP contribution in [0.4, 0.5) is 0 Å². The molecule has 0 aromatic heterocycles. The molecule has 7 heteroatoms. The predicted octanol–water partition coefficient (Wildman–Crippen LogP) is 2.81. The van der Waals surface area contributed by atoms with Gasteiger partial charge in [-0.2, -0.15) is 0 Å². The Hall–Kier alpha value is -1.95. The molecule has 1 saturated carbocycles. The Morgan fingerprint density at radius 2 is 1.92 bits per heavy atom. The van der Waals surface area contributed by atoms with E-state index in [0.29, 0.717) is 36.3 Å². The lowest BCUT2D eigenvalue weighted by Crippen LogP contribution is -2.49. The second-order valence-corrected chi connectivity index (χ2v) is 7.30. The number of ether oxygens (including phenoxy) is 2. The summed E-state index contributed by atoms with van der Waals surface area (Å²) >= 11 is 6.30. The number of hydrogen-bond acceptors (Lipinski definition) is 4. The fourth-order valence-electron chi connectivity index (χ4n) is 3.59. The van der Waals surface area contributed by atoms with Crippen molar-refractivity contribution in [1.29, 1.82) is 0 Å². The first kappa shape index (κ1) is 18.8. The molecule has 2 aliphatic rings. The summed E-state index contributed by atoms with van der Waals surface area (Å²) in [4.78, 5) is 24.1. The summed E-state index contributed by atoms with van der Waals surface area (Å²) in [7, 11) is 0.